The second kappa shape index (κ2) is 9.96. The summed E-state index contributed by atoms with van der Waals surface area (Å²) in [5.41, 5.74) is 3.57. The number of benzene rings is 1. The van der Waals surface area contributed by atoms with Gasteiger partial charge in [0.1, 0.15) is 0 Å². The van der Waals surface area contributed by atoms with Crippen LogP contribution in [-0.4, -0.2) is 30.5 Å². The van der Waals surface area contributed by atoms with E-state index in [2.05, 4.69) is 76.3 Å². The normalized spacial score (nSPS) is 10.8. The van der Waals surface area contributed by atoms with Crippen LogP contribution < -0.4 is 24.8 Å². The van der Waals surface area contributed by atoms with Crippen molar-refractivity contribution in [2.75, 3.05) is 20.6 Å². The Morgan fingerprint density at radius 1 is 1.10 bits per heavy atom. The molecule has 0 aliphatic carbocycles. The van der Waals surface area contributed by atoms with Crippen molar-refractivity contribution in [2.24, 2.45) is 0 Å². The highest BCUT2D eigenvalue weighted by atomic mass is 79.9. The minimum atomic E-state index is 0. The summed E-state index contributed by atoms with van der Waals surface area (Å²) in [5.74, 6) is 0. The fourth-order valence-electron chi connectivity index (χ4n) is 1.83. The topological polar surface area (TPSA) is 16.1 Å². The molecule has 2 rings (SSSR count). The van der Waals surface area contributed by atoms with E-state index in [1.165, 1.54) is 11.1 Å². The molecule has 2 aromatic rings. The highest BCUT2D eigenvalue weighted by Gasteiger charge is 2.05. The molecule has 0 saturated heterocycles. The molecule has 0 amide bonds. The molecule has 0 bridgehead atoms. The molecular formula is C16H17BrCl2N2-2. The number of likely N-dealkylation sites (N-methyl/N-ethyl adjacent to an activating group) is 1. The minimum Gasteiger partial charge on any atom is -1.00 e. The third-order valence-electron chi connectivity index (χ3n) is 2.79. The van der Waals surface area contributed by atoms with Crippen molar-refractivity contribution in [3.05, 3.63) is 70.5 Å². The largest absolute Gasteiger partial charge is 1.00 e. The van der Waals surface area contributed by atoms with E-state index >= 15 is 0 Å². The molecule has 0 N–H and O–H groups in total. The predicted octanol–water partition coefficient (Wildman–Crippen LogP) is -2.15. The van der Waals surface area contributed by atoms with Crippen molar-refractivity contribution in [3.8, 4) is 0 Å². The maximum absolute atomic E-state index is 4.21. The van der Waals surface area contributed by atoms with Gasteiger partial charge in [-0.05, 0) is 43.4 Å². The first kappa shape index (κ1) is 20.1. The minimum absolute atomic E-state index is 0. The zero-order valence-corrected chi connectivity index (χ0v) is 15.0. The molecule has 21 heavy (non-hydrogen) atoms. The van der Waals surface area contributed by atoms with E-state index in [9.17, 15) is 0 Å². The first-order chi connectivity index (χ1) is 9.16. The molecule has 1 aromatic heterocycles. The molecular weight excluding hydrogens is 371 g/mol. The van der Waals surface area contributed by atoms with Crippen LogP contribution in [0, 0.1) is 0 Å². The lowest BCUT2D eigenvalue weighted by Crippen LogP contribution is -3.00. The smallest absolute Gasteiger partial charge is 0.0346 e. The lowest BCUT2D eigenvalue weighted by Gasteiger charge is -2.11. The fraction of sp³-hybridized carbons (Fsp3) is 0.188. The second-order valence-electron chi connectivity index (χ2n) is 4.63. The van der Waals surface area contributed by atoms with Gasteiger partial charge in [-0.15, -0.1) is 0 Å². The van der Waals surface area contributed by atoms with E-state index in [0.717, 1.165) is 16.6 Å². The summed E-state index contributed by atoms with van der Waals surface area (Å²) in [6, 6.07) is 12.4. The Kier molecular flexibility index (Phi) is 9.54. The molecule has 0 saturated carbocycles. The standard InChI is InChI=1S/C16H17BrN2.2ClH/c1-19(2)11-9-16(14-4-3-10-18-12-14)13-5-7-15(17)8-6-13;;/h3-10,12H,11H2,1-2H3;2*1H/p-2/b16-9-;;. The zero-order chi connectivity index (χ0) is 13.7. The Hall–Kier alpha value is -0.870. The van der Waals surface area contributed by atoms with E-state index < -0.39 is 0 Å². The molecule has 0 radical (unpaired) electrons. The Balaban J connectivity index is 0.00000200. The van der Waals surface area contributed by atoms with Crippen LogP contribution >= 0.6 is 15.9 Å². The molecule has 2 nitrogen and oxygen atoms in total. The number of hydrogen-bond acceptors (Lipinski definition) is 2. The quantitative estimate of drug-likeness (QED) is 0.594. The van der Waals surface area contributed by atoms with Crippen molar-refractivity contribution in [1.82, 2.24) is 9.88 Å². The summed E-state index contributed by atoms with van der Waals surface area (Å²) in [7, 11) is 4.14. The summed E-state index contributed by atoms with van der Waals surface area (Å²) in [5, 5.41) is 0. The average molecular weight is 388 g/mol. The summed E-state index contributed by atoms with van der Waals surface area (Å²) in [4.78, 5) is 6.36. The third kappa shape index (κ3) is 6.18. The van der Waals surface area contributed by atoms with Gasteiger partial charge in [0.15, 0.2) is 0 Å². The molecule has 0 unspecified atom stereocenters. The first-order valence-corrected chi connectivity index (χ1v) is 6.97. The zero-order valence-electron chi connectivity index (χ0n) is 11.9. The Morgan fingerprint density at radius 3 is 2.29 bits per heavy atom. The number of hydrogen-bond donors (Lipinski definition) is 0. The van der Waals surface area contributed by atoms with Gasteiger partial charge in [-0.2, -0.15) is 0 Å². The Bertz CT molecular complexity index is 554. The number of halogens is 3. The summed E-state index contributed by atoms with van der Waals surface area (Å²) < 4.78 is 1.09. The van der Waals surface area contributed by atoms with Gasteiger partial charge in [0.05, 0.1) is 0 Å². The van der Waals surface area contributed by atoms with Gasteiger partial charge >= 0.3 is 0 Å². The lowest BCUT2D eigenvalue weighted by molar-refractivity contribution is -0.001000. The molecule has 0 spiro atoms. The Morgan fingerprint density at radius 2 is 1.76 bits per heavy atom. The molecule has 0 aliphatic rings. The lowest BCUT2D eigenvalue weighted by atomic mass is 9.99. The van der Waals surface area contributed by atoms with Gasteiger partial charge < -0.3 is 29.7 Å². The van der Waals surface area contributed by atoms with Crippen LogP contribution in [0.15, 0.2) is 59.3 Å². The van der Waals surface area contributed by atoms with Gasteiger partial charge in [0.2, 0.25) is 0 Å². The highest BCUT2D eigenvalue weighted by Crippen LogP contribution is 2.24. The summed E-state index contributed by atoms with van der Waals surface area (Å²) >= 11 is 3.47. The first-order valence-electron chi connectivity index (χ1n) is 6.18. The molecule has 1 aromatic carbocycles. The van der Waals surface area contributed by atoms with Crippen LogP contribution in [0.5, 0.6) is 0 Å². The van der Waals surface area contributed by atoms with Crippen molar-refractivity contribution >= 4 is 21.5 Å². The van der Waals surface area contributed by atoms with Crippen molar-refractivity contribution < 1.29 is 24.8 Å². The van der Waals surface area contributed by atoms with E-state index in [-0.39, 0.29) is 24.8 Å². The number of aromatic nitrogens is 1. The van der Waals surface area contributed by atoms with E-state index in [1.807, 2.05) is 12.3 Å². The monoisotopic (exact) mass is 386 g/mol. The van der Waals surface area contributed by atoms with Crippen LogP contribution in [0.3, 0.4) is 0 Å². The van der Waals surface area contributed by atoms with Crippen LogP contribution in [0.4, 0.5) is 0 Å². The van der Waals surface area contributed by atoms with Crippen LogP contribution in [0.1, 0.15) is 11.1 Å². The molecule has 0 aliphatic heterocycles. The molecule has 0 fully saturated rings. The maximum Gasteiger partial charge on any atom is 0.0346 e. The predicted molar refractivity (Wildman–Crippen MR) is 84.0 cm³/mol. The van der Waals surface area contributed by atoms with Gasteiger partial charge in [-0.1, -0.05) is 40.2 Å². The molecule has 114 valence electrons. The average Bonchev–Trinajstić information content (AvgIpc) is 2.42. The third-order valence-corrected chi connectivity index (χ3v) is 3.32. The summed E-state index contributed by atoms with van der Waals surface area (Å²) in [6.07, 6.45) is 5.94. The molecule has 5 heteroatoms. The van der Waals surface area contributed by atoms with Gasteiger partial charge in [0.25, 0.3) is 0 Å². The molecule has 0 atom stereocenters. The van der Waals surface area contributed by atoms with Gasteiger partial charge in [-0.25, -0.2) is 0 Å². The van der Waals surface area contributed by atoms with Crippen LogP contribution in [0.25, 0.3) is 5.57 Å². The summed E-state index contributed by atoms with van der Waals surface area (Å²) in [6.45, 7) is 0.903. The van der Waals surface area contributed by atoms with Crippen molar-refractivity contribution in [3.63, 3.8) is 0 Å². The van der Waals surface area contributed by atoms with Gasteiger partial charge in [0, 0.05) is 29.0 Å². The maximum atomic E-state index is 4.21. The number of rotatable bonds is 4. The Labute approximate surface area is 147 Å². The number of pyridine rings is 1. The van der Waals surface area contributed by atoms with Crippen molar-refractivity contribution in [1.29, 1.82) is 0 Å². The molecule has 1 heterocycles. The van der Waals surface area contributed by atoms with Crippen LogP contribution in [0.2, 0.25) is 0 Å². The highest BCUT2D eigenvalue weighted by molar-refractivity contribution is 9.10. The van der Waals surface area contributed by atoms with E-state index in [4.69, 9.17) is 0 Å². The SMILES string of the molecule is CN(C)C/C=C(/c1ccc(Br)cc1)c1cccnc1.[Cl-].[Cl-]. The van der Waals surface area contributed by atoms with E-state index in [1.54, 1.807) is 6.20 Å². The van der Waals surface area contributed by atoms with Crippen LogP contribution in [-0.2, 0) is 0 Å². The second-order valence-corrected chi connectivity index (χ2v) is 5.54. The van der Waals surface area contributed by atoms with E-state index in [0.29, 0.717) is 0 Å². The van der Waals surface area contributed by atoms with Crippen molar-refractivity contribution in [2.45, 2.75) is 0 Å². The number of nitrogens with zero attached hydrogens (tertiary/aromatic N) is 2. The van der Waals surface area contributed by atoms with Gasteiger partial charge in [-0.3, -0.25) is 4.98 Å². The fourth-order valence-corrected chi connectivity index (χ4v) is 2.09.